The fraction of sp³-hybridized carbons (Fsp3) is 0.596. The first kappa shape index (κ1) is 88.5. The van der Waals surface area contributed by atoms with Crippen molar-refractivity contribution in [3.05, 3.63) is 207 Å². The molecule has 0 rings (SSSR count). The van der Waals surface area contributed by atoms with Gasteiger partial charge in [0.05, 0.1) is 6.61 Å². The number of rotatable bonds is 69. The molecule has 0 heterocycles. The van der Waals surface area contributed by atoms with E-state index in [-0.39, 0.29) is 25.2 Å². The van der Waals surface area contributed by atoms with Gasteiger partial charge in [-0.3, -0.25) is 9.59 Å². The number of allylic oxidation sites excluding steroid dienone is 34. The van der Waals surface area contributed by atoms with E-state index in [1.165, 1.54) is 148 Å². The third-order valence-electron chi connectivity index (χ3n) is 16.1. The Hall–Kier alpha value is -5.52. The van der Waals surface area contributed by atoms with Crippen LogP contribution in [0.15, 0.2) is 207 Å². The van der Waals surface area contributed by atoms with Crippen LogP contribution in [0.3, 0.4) is 0 Å². The summed E-state index contributed by atoms with van der Waals surface area (Å²) in [4.78, 5) is 24.7. The number of aliphatic hydroxyl groups is 1. The van der Waals surface area contributed by atoms with Gasteiger partial charge in [0.2, 0.25) is 0 Å². The normalized spacial score (nSPS) is 13.4. The summed E-state index contributed by atoms with van der Waals surface area (Å²) < 4.78 is 10.8. The van der Waals surface area contributed by atoms with Gasteiger partial charge >= 0.3 is 11.9 Å². The van der Waals surface area contributed by atoms with Crippen LogP contribution in [0.4, 0.5) is 0 Å². The predicted octanol–water partition coefficient (Wildman–Crippen LogP) is 27.7. The van der Waals surface area contributed by atoms with Gasteiger partial charge in [-0.05, 0) is 148 Å². The molecule has 0 bridgehead atoms. The zero-order chi connectivity index (χ0) is 67.5. The molecular weight excluding hydrogens is 1150 g/mol. The highest BCUT2D eigenvalue weighted by Crippen LogP contribution is 2.17. The Morgan fingerprint density at radius 3 is 0.638 bits per heavy atom. The minimum absolute atomic E-state index is 0.0754. The Kier molecular flexibility index (Phi) is 76.9. The Bertz CT molecular complexity index is 2160. The molecule has 0 saturated heterocycles. The van der Waals surface area contributed by atoms with Crippen molar-refractivity contribution in [3.63, 3.8) is 0 Å². The standard InChI is InChI=1S/C89H142O5/c1-3-5-7-9-11-13-15-17-19-21-23-25-27-29-31-33-35-37-39-41-43-44-46-47-49-51-53-55-57-59-61-63-65-67-69-71-73-75-77-79-81-83-88(91)93-86-87(85-90)94-89(92)84-82-80-78-76-74-72-70-68-66-64-62-60-58-56-54-52-50-48-45-42-40-38-36-34-32-30-28-26-24-22-20-18-16-14-12-10-8-6-4-2/h5-8,11-14,17-20,23-26,29-32,35-38,41-43,45-47,50,52,56,58,87,90H,3-4,9-10,15-16,21-22,27-28,33-34,39-40,44,48-49,51,53-55,57,59-86H2,1-2H3/b7-5-,8-6-,13-11-,14-12-,19-17-,20-18-,25-23-,26-24-,31-29-,32-30-,37-35-,38-36-,43-41-,45-42-,47-46-,52-50-,58-56-. The largest absolute Gasteiger partial charge is 0.462 e. The van der Waals surface area contributed by atoms with Crippen LogP contribution in [-0.4, -0.2) is 36.4 Å². The number of aliphatic hydroxyl groups excluding tert-OH is 1. The molecule has 0 saturated carbocycles. The Labute approximate surface area is 580 Å². The molecule has 0 aromatic carbocycles. The molecule has 0 amide bonds. The van der Waals surface area contributed by atoms with E-state index >= 15 is 0 Å². The second kappa shape index (κ2) is 81.7. The summed E-state index contributed by atoms with van der Waals surface area (Å²) in [5.74, 6) is -0.596. The average Bonchev–Trinajstić information content (AvgIpc) is 3.65. The highest BCUT2D eigenvalue weighted by atomic mass is 16.6. The Morgan fingerprint density at radius 2 is 0.426 bits per heavy atom. The van der Waals surface area contributed by atoms with E-state index in [0.717, 1.165) is 148 Å². The van der Waals surface area contributed by atoms with E-state index in [4.69, 9.17) is 9.47 Å². The van der Waals surface area contributed by atoms with Crippen molar-refractivity contribution < 1.29 is 24.2 Å². The van der Waals surface area contributed by atoms with Crippen LogP contribution >= 0.6 is 0 Å². The number of ether oxygens (including phenoxy) is 2. The molecule has 0 fully saturated rings. The summed E-state index contributed by atoms with van der Waals surface area (Å²) in [5, 5.41) is 9.73. The van der Waals surface area contributed by atoms with Crippen LogP contribution < -0.4 is 0 Å². The molecule has 0 aromatic heterocycles. The molecule has 528 valence electrons. The highest BCUT2D eigenvalue weighted by molar-refractivity contribution is 5.70. The fourth-order valence-corrected chi connectivity index (χ4v) is 10.4. The SMILES string of the molecule is CC/C=C\C/C=C\C/C=C\C/C=C\C/C=C\C/C=C\C/C=C\C/C=C\C/C=C\CCCCCCCCCCCCCC(=O)OC(CO)COC(=O)CCCCCCCCCCCCCCCCCC/C=C\C/C=C\C/C=C\C/C=C\C/C=C\C/C=C\C/C=C\C/C=C\CC. The van der Waals surface area contributed by atoms with Crippen LogP contribution in [0.5, 0.6) is 0 Å². The maximum Gasteiger partial charge on any atom is 0.306 e. The lowest BCUT2D eigenvalue weighted by molar-refractivity contribution is -0.161. The first-order valence-electron chi connectivity index (χ1n) is 38.6. The number of unbranched alkanes of at least 4 members (excludes halogenated alkanes) is 27. The molecule has 0 radical (unpaired) electrons. The Balaban J connectivity index is 3.54. The first-order chi connectivity index (χ1) is 46.6. The van der Waals surface area contributed by atoms with Crippen molar-refractivity contribution >= 4 is 11.9 Å². The molecule has 5 nitrogen and oxygen atoms in total. The van der Waals surface area contributed by atoms with E-state index < -0.39 is 6.10 Å². The lowest BCUT2D eigenvalue weighted by Crippen LogP contribution is -2.28. The molecule has 0 aliphatic rings. The molecule has 94 heavy (non-hydrogen) atoms. The lowest BCUT2D eigenvalue weighted by atomic mass is 10.0. The van der Waals surface area contributed by atoms with Gasteiger partial charge in [0, 0.05) is 12.8 Å². The number of hydrogen-bond donors (Lipinski definition) is 1. The Morgan fingerprint density at radius 1 is 0.245 bits per heavy atom. The van der Waals surface area contributed by atoms with Gasteiger partial charge in [0.1, 0.15) is 6.61 Å². The molecular formula is C89H142O5. The number of hydrogen-bond acceptors (Lipinski definition) is 5. The van der Waals surface area contributed by atoms with E-state index in [9.17, 15) is 14.7 Å². The maximum absolute atomic E-state index is 12.4. The van der Waals surface area contributed by atoms with Crippen molar-refractivity contribution in [1.29, 1.82) is 0 Å². The highest BCUT2D eigenvalue weighted by Gasteiger charge is 2.16. The molecule has 1 unspecified atom stereocenters. The smallest absolute Gasteiger partial charge is 0.306 e. The molecule has 1 atom stereocenters. The topological polar surface area (TPSA) is 72.8 Å². The number of carbonyl (C=O) groups excluding carboxylic acids is 2. The zero-order valence-corrected chi connectivity index (χ0v) is 60.6. The monoisotopic (exact) mass is 1290 g/mol. The second-order valence-electron chi connectivity index (χ2n) is 25.0. The summed E-state index contributed by atoms with van der Waals surface area (Å²) in [6, 6.07) is 0. The van der Waals surface area contributed by atoms with Gasteiger partial charge in [0.15, 0.2) is 6.10 Å². The van der Waals surface area contributed by atoms with Crippen molar-refractivity contribution in [3.8, 4) is 0 Å². The molecule has 1 N–H and O–H groups in total. The summed E-state index contributed by atoms with van der Waals surface area (Å²) in [6.07, 6.45) is 130. The van der Waals surface area contributed by atoms with E-state index in [0.29, 0.717) is 12.8 Å². The quantitative estimate of drug-likeness (QED) is 0.0373. The third kappa shape index (κ3) is 78.9. The van der Waals surface area contributed by atoms with Crippen LogP contribution in [0.2, 0.25) is 0 Å². The van der Waals surface area contributed by atoms with Crippen molar-refractivity contribution in [2.24, 2.45) is 0 Å². The third-order valence-corrected chi connectivity index (χ3v) is 16.1. The van der Waals surface area contributed by atoms with Crippen LogP contribution in [-0.2, 0) is 19.1 Å². The van der Waals surface area contributed by atoms with E-state index in [1.54, 1.807) is 0 Å². The maximum atomic E-state index is 12.4. The fourth-order valence-electron chi connectivity index (χ4n) is 10.4. The average molecular weight is 1290 g/mol. The van der Waals surface area contributed by atoms with Crippen LogP contribution in [0.25, 0.3) is 0 Å². The summed E-state index contributed by atoms with van der Waals surface area (Å²) in [6.45, 7) is 3.92. The number of carbonyl (C=O) groups is 2. The molecule has 0 aliphatic carbocycles. The van der Waals surface area contributed by atoms with E-state index in [2.05, 4.69) is 220 Å². The van der Waals surface area contributed by atoms with E-state index in [1.807, 2.05) is 0 Å². The zero-order valence-electron chi connectivity index (χ0n) is 60.6. The van der Waals surface area contributed by atoms with Crippen molar-refractivity contribution in [2.75, 3.05) is 13.2 Å². The first-order valence-corrected chi connectivity index (χ1v) is 38.6. The van der Waals surface area contributed by atoms with Gasteiger partial charge in [-0.2, -0.15) is 0 Å². The summed E-state index contributed by atoms with van der Waals surface area (Å²) in [5.41, 5.74) is 0. The number of esters is 2. The molecule has 0 spiro atoms. The summed E-state index contributed by atoms with van der Waals surface area (Å²) in [7, 11) is 0. The van der Waals surface area contributed by atoms with Crippen LogP contribution in [0.1, 0.15) is 322 Å². The molecule has 0 aromatic rings. The molecule has 5 heteroatoms. The van der Waals surface area contributed by atoms with Crippen LogP contribution in [0, 0.1) is 0 Å². The van der Waals surface area contributed by atoms with Crippen molar-refractivity contribution in [2.45, 2.75) is 328 Å². The minimum atomic E-state index is -0.788. The van der Waals surface area contributed by atoms with Gasteiger partial charge in [-0.25, -0.2) is 0 Å². The lowest BCUT2D eigenvalue weighted by Gasteiger charge is -2.15. The second-order valence-corrected chi connectivity index (χ2v) is 25.0. The van der Waals surface area contributed by atoms with Gasteiger partial charge in [-0.1, -0.05) is 368 Å². The van der Waals surface area contributed by atoms with Crippen molar-refractivity contribution in [1.82, 2.24) is 0 Å². The van der Waals surface area contributed by atoms with Gasteiger partial charge in [0.25, 0.3) is 0 Å². The van der Waals surface area contributed by atoms with Gasteiger partial charge < -0.3 is 14.6 Å². The predicted molar refractivity (Wildman–Crippen MR) is 416 cm³/mol. The summed E-state index contributed by atoms with van der Waals surface area (Å²) >= 11 is 0. The minimum Gasteiger partial charge on any atom is -0.462 e. The molecule has 0 aliphatic heterocycles. The van der Waals surface area contributed by atoms with Gasteiger partial charge in [-0.15, -0.1) is 0 Å².